The topological polar surface area (TPSA) is 64.7 Å². The Morgan fingerprint density at radius 3 is 1.71 bits per heavy atom. The second-order valence-corrected chi connectivity index (χ2v) is 6.10. The Labute approximate surface area is 128 Å². The largest absolute Gasteiger partial charge is 0.343 e. The molecule has 0 radical (unpaired) electrons. The van der Waals surface area contributed by atoms with Gasteiger partial charge in [-0.2, -0.15) is 0 Å². The molecule has 0 aromatic heterocycles. The highest BCUT2D eigenvalue weighted by atomic mass is 16.2. The SMILES string of the molecule is CCC(C)C(=O)NCN1CCN(CNC(=O)C(C)C)CC1. The summed E-state index contributed by atoms with van der Waals surface area (Å²) in [5.41, 5.74) is 0. The van der Waals surface area contributed by atoms with E-state index in [1.807, 2.05) is 27.7 Å². The quantitative estimate of drug-likeness (QED) is 0.716. The Hall–Kier alpha value is -1.14. The van der Waals surface area contributed by atoms with Crippen LogP contribution in [0.5, 0.6) is 0 Å². The molecular formula is C15H30N4O2. The molecule has 2 amide bonds. The van der Waals surface area contributed by atoms with Crippen molar-refractivity contribution in [3.8, 4) is 0 Å². The molecule has 21 heavy (non-hydrogen) atoms. The van der Waals surface area contributed by atoms with Crippen LogP contribution in [0.25, 0.3) is 0 Å². The summed E-state index contributed by atoms with van der Waals surface area (Å²) < 4.78 is 0. The maximum Gasteiger partial charge on any atom is 0.223 e. The van der Waals surface area contributed by atoms with E-state index in [1.54, 1.807) is 0 Å². The van der Waals surface area contributed by atoms with Gasteiger partial charge in [-0.05, 0) is 6.42 Å². The summed E-state index contributed by atoms with van der Waals surface area (Å²) in [5, 5.41) is 5.92. The average molecular weight is 298 g/mol. The number of hydrogen-bond acceptors (Lipinski definition) is 4. The summed E-state index contributed by atoms with van der Waals surface area (Å²) in [6, 6.07) is 0. The van der Waals surface area contributed by atoms with Crippen LogP contribution in [-0.4, -0.2) is 61.1 Å². The zero-order chi connectivity index (χ0) is 15.8. The molecule has 1 unspecified atom stereocenters. The van der Waals surface area contributed by atoms with Gasteiger partial charge in [0.05, 0.1) is 13.3 Å². The molecule has 0 bridgehead atoms. The van der Waals surface area contributed by atoms with Gasteiger partial charge < -0.3 is 10.6 Å². The van der Waals surface area contributed by atoms with E-state index in [4.69, 9.17) is 0 Å². The van der Waals surface area contributed by atoms with Gasteiger partial charge >= 0.3 is 0 Å². The van der Waals surface area contributed by atoms with Crippen LogP contribution in [0, 0.1) is 11.8 Å². The normalized spacial score (nSPS) is 18.5. The highest BCUT2D eigenvalue weighted by Crippen LogP contribution is 2.02. The van der Waals surface area contributed by atoms with Crippen LogP contribution in [0.4, 0.5) is 0 Å². The molecule has 0 spiro atoms. The van der Waals surface area contributed by atoms with Crippen molar-refractivity contribution in [2.24, 2.45) is 11.8 Å². The number of rotatable bonds is 7. The second kappa shape index (κ2) is 9.00. The summed E-state index contributed by atoms with van der Waals surface area (Å²) in [6.07, 6.45) is 0.870. The van der Waals surface area contributed by atoms with Gasteiger partial charge in [-0.1, -0.05) is 27.7 Å². The lowest BCUT2D eigenvalue weighted by molar-refractivity contribution is -0.126. The van der Waals surface area contributed by atoms with Crippen LogP contribution in [0.2, 0.25) is 0 Å². The van der Waals surface area contributed by atoms with Gasteiger partial charge in [0.25, 0.3) is 0 Å². The minimum atomic E-state index is 0.0297. The van der Waals surface area contributed by atoms with E-state index in [-0.39, 0.29) is 23.7 Å². The van der Waals surface area contributed by atoms with Crippen molar-refractivity contribution in [3.63, 3.8) is 0 Å². The number of carbonyl (C=O) groups is 2. The smallest absolute Gasteiger partial charge is 0.223 e. The van der Waals surface area contributed by atoms with E-state index in [9.17, 15) is 9.59 Å². The highest BCUT2D eigenvalue weighted by Gasteiger charge is 2.18. The molecule has 0 aliphatic carbocycles. The van der Waals surface area contributed by atoms with Crippen LogP contribution in [0.15, 0.2) is 0 Å². The number of carbonyl (C=O) groups excluding carboxylic acids is 2. The van der Waals surface area contributed by atoms with Gasteiger partial charge in [0.15, 0.2) is 0 Å². The Bertz CT molecular complexity index is 339. The fourth-order valence-corrected chi connectivity index (χ4v) is 2.05. The molecule has 0 aromatic carbocycles. The van der Waals surface area contributed by atoms with Gasteiger partial charge in [0, 0.05) is 38.0 Å². The van der Waals surface area contributed by atoms with E-state index in [0.29, 0.717) is 13.3 Å². The third kappa shape index (κ3) is 6.44. The molecule has 6 heteroatoms. The number of hydrogen-bond donors (Lipinski definition) is 2. The minimum absolute atomic E-state index is 0.0297. The average Bonchev–Trinajstić information content (AvgIpc) is 2.50. The molecule has 1 fully saturated rings. The molecule has 122 valence electrons. The predicted molar refractivity (Wildman–Crippen MR) is 83.5 cm³/mol. The lowest BCUT2D eigenvalue weighted by atomic mass is 10.1. The van der Waals surface area contributed by atoms with Crippen LogP contribution in [-0.2, 0) is 9.59 Å². The molecule has 6 nitrogen and oxygen atoms in total. The lowest BCUT2D eigenvalue weighted by Gasteiger charge is -2.34. The molecule has 1 rings (SSSR count). The van der Waals surface area contributed by atoms with Crippen molar-refractivity contribution >= 4 is 11.8 Å². The summed E-state index contributed by atoms with van der Waals surface area (Å²) in [5.74, 6) is 0.335. The first-order valence-electron chi connectivity index (χ1n) is 7.94. The molecule has 0 saturated carbocycles. The standard InChI is InChI=1S/C15H30N4O2/c1-5-13(4)15(21)17-11-19-8-6-18(7-9-19)10-16-14(20)12(2)3/h12-13H,5-11H2,1-4H3,(H,16,20)(H,17,21). The van der Waals surface area contributed by atoms with Gasteiger partial charge in [-0.3, -0.25) is 19.4 Å². The third-order valence-electron chi connectivity index (χ3n) is 4.00. The molecule has 1 aliphatic heterocycles. The van der Waals surface area contributed by atoms with Crippen LogP contribution >= 0.6 is 0 Å². The molecule has 0 aromatic rings. The summed E-state index contributed by atoms with van der Waals surface area (Å²) in [4.78, 5) is 27.7. The van der Waals surface area contributed by atoms with Crippen molar-refractivity contribution in [2.45, 2.75) is 34.1 Å². The van der Waals surface area contributed by atoms with E-state index in [1.165, 1.54) is 0 Å². The molecule has 1 saturated heterocycles. The van der Waals surface area contributed by atoms with Gasteiger partial charge in [-0.15, -0.1) is 0 Å². The molecule has 1 heterocycles. The zero-order valence-electron chi connectivity index (χ0n) is 13.8. The van der Waals surface area contributed by atoms with Gasteiger partial charge in [0.1, 0.15) is 0 Å². The van der Waals surface area contributed by atoms with Crippen molar-refractivity contribution in [3.05, 3.63) is 0 Å². The second-order valence-electron chi connectivity index (χ2n) is 6.10. The first-order chi connectivity index (χ1) is 9.93. The Morgan fingerprint density at radius 2 is 1.33 bits per heavy atom. The number of piperazine rings is 1. The van der Waals surface area contributed by atoms with Gasteiger partial charge in [0.2, 0.25) is 11.8 Å². The lowest BCUT2D eigenvalue weighted by Crippen LogP contribution is -2.52. The number of nitrogens with zero attached hydrogens (tertiary/aromatic N) is 2. The maximum atomic E-state index is 11.7. The van der Waals surface area contributed by atoms with E-state index in [2.05, 4.69) is 20.4 Å². The summed E-state index contributed by atoms with van der Waals surface area (Å²) >= 11 is 0. The third-order valence-corrected chi connectivity index (χ3v) is 4.00. The van der Waals surface area contributed by atoms with Crippen LogP contribution in [0.1, 0.15) is 34.1 Å². The Kier molecular flexibility index (Phi) is 7.67. The number of nitrogens with one attached hydrogen (secondary N) is 2. The maximum absolute atomic E-state index is 11.7. The van der Waals surface area contributed by atoms with Crippen molar-refractivity contribution in [1.29, 1.82) is 0 Å². The van der Waals surface area contributed by atoms with E-state index >= 15 is 0 Å². The van der Waals surface area contributed by atoms with Crippen molar-refractivity contribution in [1.82, 2.24) is 20.4 Å². The van der Waals surface area contributed by atoms with E-state index < -0.39 is 0 Å². The molecule has 1 atom stereocenters. The van der Waals surface area contributed by atoms with Crippen molar-refractivity contribution in [2.75, 3.05) is 39.5 Å². The van der Waals surface area contributed by atoms with Gasteiger partial charge in [-0.25, -0.2) is 0 Å². The fourth-order valence-electron chi connectivity index (χ4n) is 2.05. The summed E-state index contributed by atoms with van der Waals surface area (Å²) in [6.45, 7) is 12.7. The Morgan fingerprint density at radius 1 is 0.905 bits per heavy atom. The highest BCUT2D eigenvalue weighted by molar-refractivity contribution is 5.78. The number of amides is 2. The summed E-state index contributed by atoms with van der Waals surface area (Å²) in [7, 11) is 0. The fraction of sp³-hybridized carbons (Fsp3) is 0.867. The molecule has 1 aliphatic rings. The first kappa shape index (κ1) is 17.9. The monoisotopic (exact) mass is 298 g/mol. The molecule has 2 N–H and O–H groups in total. The van der Waals surface area contributed by atoms with Crippen molar-refractivity contribution < 1.29 is 9.59 Å². The Balaban J connectivity index is 2.17. The molecular weight excluding hydrogens is 268 g/mol. The minimum Gasteiger partial charge on any atom is -0.343 e. The first-order valence-corrected chi connectivity index (χ1v) is 7.94. The van der Waals surface area contributed by atoms with Crippen LogP contribution < -0.4 is 10.6 Å². The van der Waals surface area contributed by atoms with Crippen LogP contribution in [0.3, 0.4) is 0 Å². The predicted octanol–water partition coefficient (Wildman–Crippen LogP) is 0.454. The van der Waals surface area contributed by atoms with E-state index in [0.717, 1.165) is 32.6 Å². The zero-order valence-corrected chi connectivity index (χ0v) is 13.8.